The summed E-state index contributed by atoms with van der Waals surface area (Å²) in [5.74, 6) is -0.853. The number of rotatable bonds is 3. The van der Waals surface area contributed by atoms with Gasteiger partial charge in [-0.25, -0.2) is 4.39 Å². The van der Waals surface area contributed by atoms with Crippen molar-refractivity contribution < 1.29 is 9.18 Å². The topological polar surface area (TPSA) is 29.1 Å². The molecule has 0 aromatic heterocycles. The third kappa shape index (κ3) is 4.40. The van der Waals surface area contributed by atoms with Crippen LogP contribution in [0.5, 0.6) is 0 Å². The van der Waals surface area contributed by atoms with E-state index in [0.29, 0.717) is 5.69 Å². The second-order valence-corrected chi connectivity index (χ2v) is 6.26. The number of anilines is 1. The zero-order valence-corrected chi connectivity index (χ0v) is 14.5. The number of hydrogen-bond acceptors (Lipinski definition) is 1. The minimum Gasteiger partial charge on any atom is -0.321 e. The van der Waals surface area contributed by atoms with E-state index in [-0.39, 0.29) is 16.5 Å². The van der Waals surface area contributed by atoms with Crippen molar-refractivity contribution in [3.05, 3.63) is 67.8 Å². The predicted octanol–water partition coefficient (Wildman–Crippen LogP) is 5.66. The first kappa shape index (κ1) is 16.2. The number of amides is 1. The summed E-state index contributed by atoms with van der Waals surface area (Å²) in [7, 11) is 0. The van der Waals surface area contributed by atoms with Gasteiger partial charge in [0.2, 0.25) is 5.91 Å². The molecule has 0 fully saturated rings. The molecule has 0 aliphatic carbocycles. The van der Waals surface area contributed by atoms with Gasteiger partial charge in [0.1, 0.15) is 5.82 Å². The third-order valence-corrected chi connectivity index (χ3v) is 4.07. The molecule has 0 radical (unpaired) electrons. The lowest BCUT2D eigenvalue weighted by molar-refractivity contribution is -0.111. The highest BCUT2D eigenvalue weighted by Crippen LogP contribution is 2.26. The van der Waals surface area contributed by atoms with Gasteiger partial charge in [0.25, 0.3) is 0 Å². The Balaban J connectivity index is 2.13. The molecule has 1 amide bonds. The van der Waals surface area contributed by atoms with Crippen LogP contribution in [0, 0.1) is 5.82 Å². The van der Waals surface area contributed by atoms with Crippen LogP contribution in [0.3, 0.4) is 0 Å². The molecule has 0 atom stereocenters. The highest BCUT2D eigenvalue weighted by Gasteiger charge is 2.06. The van der Waals surface area contributed by atoms with Crippen molar-refractivity contribution in [3.8, 4) is 0 Å². The molecular formula is C15H9Br2ClFNO. The lowest BCUT2D eigenvalue weighted by Gasteiger charge is -2.05. The van der Waals surface area contributed by atoms with Crippen molar-refractivity contribution in [1.82, 2.24) is 0 Å². The van der Waals surface area contributed by atoms with Gasteiger partial charge in [0, 0.05) is 20.6 Å². The smallest absolute Gasteiger partial charge is 0.248 e. The zero-order valence-electron chi connectivity index (χ0n) is 10.5. The summed E-state index contributed by atoms with van der Waals surface area (Å²) in [5, 5.41) is 2.94. The largest absolute Gasteiger partial charge is 0.321 e. The second-order valence-electron chi connectivity index (χ2n) is 4.08. The number of carbonyl (C=O) groups is 1. The molecule has 2 aromatic carbocycles. The Morgan fingerprint density at radius 3 is 2.67 bits per heavy atom. The van der Waals surface area contributed by atoms with E-state index < -0.39 is 5.82 Å². The third-order valence-electron chi connectivity index (χ3n) is 2.59. The van der Waals surface area contributed by atoms with Gasteiger partial charge in [-0.3, -0.25) is 4.79 Å². The molecule has 2 rings (SSSR count). The fourth-order valence-electron chi connectivity index (χ4n) is 1.59. The fraction of sp³-hybridized carbons (Fsp3) is 0. The van der Waals surface area contributed by atoms with Crippen LogP contribution in [0.15, 0.2) is 51.4 Å². The minimum absolute atomic E-state index is 0.184. The number of halogens is 4. The highest BCUT2D eigenvalue weighted by molar-refractivity contribution is 9.11. The Hall–Kier alpha value is -1.17. The average molecular weight is 434 g/mol. The van der Waals surface area contributed by atoms with Crippen molar-refractivity contribution >= 4 is 61.1 Å². The van der Waals surface area contributed by atoms with Crippen LogP contribution in [-0.2, 0) is 4.79 Å². The van der Waals surface area contributed by atoms with Crippen LogP contribution < -0.4 is 5.32 Å². The van der Waals surface area contributed by atoms with Crippen LogP contribution in [-0.4, -0.2) is 5.91 Å². The maximum atomic E-state index is 13.6. The molecule has 0 spiro atoms. The Bertz CT molecular complexity index is 699. The summed E-state index contributed by atoms with van der Waals surface area (Å²) in [6.07, 6.45) is 2.58. The van der Waals surface area contributed by atoms with E-state index in [4.69, 9.17) is 11.6 Å². The quantitative estimate of drug-likeness (QED) is 0.622. The monoisotopic (exact) mass is 431 g/mol. The maximum absolute atomic E-state index is 13.6. The van der Waals surface area contributed by atoms with Gasteiger partial charge in [-0.2, -0.15) is 0 Å². The first-order valence-corrected chi connectivity index (χ1v) is 7.82. The highest BCUT2D eigenvalue weighted by atomic mass is 79.9. The van der Waals surface area contributed by atoms with Crippen LogP contribution in [0.4, 0.5) is 10.1 Å². The standard InChI is InChI=1S/C15H9Br2ClFNO/c16-9-4-6-14(11(17)8-9)20-15(21)7-5-10-12(18)2-1-3-13(10)19/h1-8H,(H,20,21). The molecule has 108 valence electrons. The maximum Gasteiger partial charge on any atom is 0.248 e. The number of hydrogen-bond donors (Lipinski definition) is 1. The minimum atomic E-state index is -0.476. The first-order valence-electron chi connectivity index (χ1n) is 5.85. The fourth-order valence-corrected chi connectivity index (χ4v) is 2.97. The zero-order chi connectivity index (χ0) is 15.4. The molecule has 1 N–H and O–H groups in total. The van der Waals surface area contributed by atoms with Gasteiger partial charge in [-0.15, -0.1) is 0 Å². The number of benzene rings is 2. The molecule has 0 saturated heterocycles. The molecule has 6 heteroatoms. The molecule has 0 heterocycles. The van der Waals surface area contributed by atoms with Crippen LogP contribution in [0.25, 0.3) is 6.08 Å². The predicted molar refractivity (Wildman–Crippen MR) is 90.9 cm³/mol. The van der Waals surface area contributed by atoms with E-state index in [1.54, 1.807) is 18.2 Å². The van der Waals surface area contributed by atoms with Gasteiger partial charge in [0.05, 0.1) is 10.7 Å². The molecule has 0 bridgehead atoms. The van der Waals surface area contributed by atoms with E-state index in [1.165, 1.54) is 24.3 Å². The summed E-state index contributed by atoms with van der Waals surface area (Å²) in [4.78, 5) is 11.8. The summed E-state index contributed by atoms with van der Waals surface area (Å²) in [6.45, 7) is 0. The molecule has 0 aliphatic rings. The van der Waals surface area contributed by atoms with Crippen molar-refractivity contribution in [1.29, 1.82) is 0 Å². The Kier molecular flexibility index (Phi) is 5.56. The first-order chi connectivity index (χ1) is 9.97. The molecule has 0 unspecified atom stereocenters. The van der Waals surface area contributed by atoms with Crippen LogP contribution in [0.1, 0.15) is 5.56 Å². The van der Waals surface area contributed by atoms with E-state index in [1.807, 2.05) is 6.07 Å². The van der Waals surface area contributed by atoms with Crippen molar-refractivity contribution in [2.45, 2.75) is 0 Å². The Labute approximate surface area is 143 Å². The van der Waals surface area contributed by atoms with Gasteiger partial charge < -0.3 is 5.32 Å². The van der Waals surface area contributed by atoms with E-state index in [2.05, 4.69) is 37.2 Å². The number of nitrogens with one attached hydrogen (secondary N) is 1. The SMILES string of the molecule is O=C(C=Cc1c(F)cccc1Cl)Nc1ccc(Br)cc1Br. The number of carbonyl (C=O) groups excluding carboxylic acids is 1. The summed E-state index contributed by atoms with van der Waals surface area (Å²) in [5.41, 5.74) is 0.802. The Morgan fingerprint density at radius 1 is 1.24 bits per heavy atom. The second kappa shape index (κ2) is 7.20. The van der Waals surface area contributed by atoms with E-state index in [9.17, 15) is 9.18 Å². The molecule has 21 heavy (non-hydrogen) atoms. The molecular weight excluding hydrogens is 424 g/mol. The molecule has 0 saturated carbocycles. The van der Waals surface area contributed by atoms with Gasteiger partial charge in [-0.1, -0.05) is 33.6 Å². The van der Waals surface area contributed by atoms with Gasteiger partial charge in [0.15, 0.2) is 0 Å². The normalized spacial score (nSPS) is 10.9. The Morgan fingerprint density at radius 2 is 2.00 bits per heavy atom. The molecule has 0 aliphatic heterocycles. The van der Waals surface area contributed by atoms with Crippen LogP contribution in [0.2, 0.25) is 5.02 Å². The average Bonchev–Trinajstić information content (AvgIpc) is 2.41. The lowest BCUT2D eigenvalue weighted by atomic mass is 10.2. The van der Waals surface area contributed by atoms with E-state index in [0.717, 1.165) is 8.95 Å². The van der Waals surface area contributed by atoms with E-state index >= 15 is 0 Å². The lowest BCUT2D eigenvalue weighted by Crippen LogP contribution is -2.08. The van der Waals surface area contributed by atoms with Crippen molar-refractivity contribution in [2.24, 2.45) is 0 Å². The summed E-state index contributed by atoms with van der Waals surface area (Å²) < 4.78 is 15.2. The van der Waals surface area contributed by atoms with Gasteiger partial charge in [-0.05, 0) is 52.3 Å². The molecule has 2 aromatic rings. The van der Waals surface area contributed by atoms with Crippen LogP contribution >= 0.6 is 43.5 Å². The summed E-state index contributed by atoms with van der Waals surface area (Å²) in [6, 6.07) is 9.72. The molecule has 2 nitrogen and oxygen atoms in total. The van der Waals surface area contributed by atoms with Crippen molar-refractivity contribution in [2.75, 3.05) is 5.32 Å². The van der Waals surface area contributed by atoms with Crippen molar-refractivity contribution in [3.63, 3.8) is 0 Å². The summed E-state index contributed by atoms with van der Waals surface area (Å²) >= 11 is 12.6. The van der Waals surface area contributed by atoms with Gasteiger partial charge >= 0.3 is 0 Å².